The third kappa shape index (κ3) is 6.24. The van der Waals surface area contributed by atoms with Gasteiger partial charge in [-0.05, 0) is 32.1 Å². The Morgan fingerprint density at radius 2 is 1.22 bits per heavy atom. The molecule has 1 amide bonds. The quantitative estimate of drug-likeness (QED) is 0.197. The Hall–Kier alpha value is -1.88. The SMILES string of the molecule is CCC1(OC(=O)CC(=O)NS(=O)(=O)C(F)(F)C(F)(F)C(F)(F)S(=O)(=O)NS(=O)(=O)C(F)(F)F)CCCC1. The molecule has 0 radical (unpaired) electrons. The third-order valence-corrected chi connectivity index (χ3v) is 9.70. The van der Waals surface area contributed by atoms with Gasteiger partial charge >= 0.3 is 48.0 Å². The van der Waals surface area contributed by atoms with Crippen LogP contribution in [0.4, 0.5) is 39.5 Å². The number of hydrogen-bond donors (Lipinski definition) is 2. The predicted octanol–water partition coefficient (Wildman–Crippen LogP) is 1.68. The van der Waals surface area contributed by atoms with Crippen LogP contribution in [-0.2, 0) is 44.4 Å². The molecule has 0 aromatic rings. The molecule has 11 nitrogen and oxygen atoms in total. The summed E-state index contributed by atoms with van der Waals surface area (Å²) in [5, 5.41) is -14.8. The molecule has 1 fully saturated rings. The highest BCUT2D eigenvalue weighted by Gasteiger charge is 2.83. The van der Waals surface area contributed by atoms with Gasteiger partial charge in [0.2, 0.25) is 5.91 Å². The van der Waals surface area contributed by atoms with E-state index in [1.54, 1.807) is 6.92 Å². The van der Waals surface area contributed by atoms with E-state index < -0.39 is 80.0 Å². The summed E-state index contributed by atoms with van der Waals surface area (Å²) in [5.74, 6) is -11.5. The van der Waals surface area contributed by atoms with Crippen LogP contribution >= 0.6 is 0 Å². The van der Waals surface area contributed by atoms with Crippen LogP contribution < -0.4 is 8.85 Å². The number of rotatable bonds is 11. The Morgan fingerprint density at radius 3 is 1.62 bits per heavy atom. The van der Waals surface area contributed by atoms with Crippen molar-refractivity contribution in [2.24, 2.45) is 0 Å². The Morgan fingerprint density at radius 1 is 0.784 bits per heavy atom. The number of carbonyl (C=O) groups excluding carboxylic acids is 2. The minimum Gasteiger partial charge on any atom is -0.459 e. The molecule has 0 unspecified atom stereocenters. The highest BCUT2D eigenvalue weighted by Crippen LogP contribution is 2.50. The molecule has 37 heavy (non-hydrogen) atoms. The monoisotopic (exact) mass is 624 g/mol. The molecular formula is C14H17F9N2O9S3. The lowest BCUT2D eigenvalue weighted by Crippen LogP contribution is -2.65. The third-order valence-electron chi connectivity index (χ3n) is 4.97. The van der Waals surface area contributed by atoms with Crippen molar-refractivity contribution in [3.8, 4) is 0 Å². The fraction of sp³-hybridized carbons (Fsp3) is 0.857. The lowest BCUT2D eigenvalue weighted by molar-refractivity contribution is -0.244. The number of carbonyl (C=O) groups is 2. The van der Waals surface area contributed by atoms with Crippen LogP contribution in [0.2, 0.25) is 0 Å². The minimum absolute atomic E-state index is 0.141. The van der Waals surface area contributed by atoms with Gasteiger partial charge in [0.1, 0.15) is 12.0 Å². The Bertz CT molecular complexity index is 1220. The van der Waals surface area contributed by atoms with Crippen molar-refractivity contribution in [2.75, 3.05) is 0 Å². The van der Waals surface area contributed by atoms with E-state index in [0.29, 0.717) is 25.7 Å². The molecule has 218 valence electrons. The second-order valence-corrected chi connectivity index (χ2v) is 12.9. The summed E-state index contributed by atoms with van der Waals surface area (Å²) in [6.07, 6.45) is 0.286. The first kappa shape index (κ1) is 33.1. The Labute approximate surface area is 203 Å². The van der Waals surface area contributed by atoms with Gasteiger partial charge in [-0.15, -0.1) is 0 Å². The van der Waals surface area contributed by atoms with Crippen molar-refractivity contribution < 1.29 is 79.1 Å². The molecular weight excluding hydrogens is 607 g/mol. The topological polar surface area (TPSA) is 170 Å². The van der Waals surface area contributed by atoms with Gasteiger partial charge in [0.15, 0.2) is 0 Å². The molecule has 2 N–H and O–H groups in total. The van der Waals surface area contributed by atoms with Crippen LogP contribution in [0.1, 0.15) is 45.4 Å². The number of amides is 1. The van der Waals surface area contributed by atoms with E-state index in [2.05, 4.69) is 0 Å². The summed E-state index contributed by atoms with van der Waals surface area (Å²) < 4.78 is 191. The van der Waals surface area contributed by atoms with E-state index in [0.717, 1.165) is 0 Å². The number of alkyl halides is 9. The van der Waals surface area contributed by atoms with Gasteiger partial charge < -0.3 is 4.74 Å². The molecule has 1 aliphatic rings. The van der Waals surface area contributed by atoms with Gasteiger partial charge in [0.05, 0.1) is 0 Å². The van der Waals surface area contributed by atoms with Gasteiger partial charge in [-0.25, -0.2) is 21.6 Å². The van der Waals surface area contributed by atoms with Gasteiger partial charge in [-0.1, -0.05) is 11.1 Å². The molecule has 0 aromatic carbocycles. The van der Waals surface area contributed by atoms with Crippen LogP contribution in [-0.4, -0.2) is 64.7 Å². The van der Waals surface area contributed by atoms with Crippen molar-refractivity contribution >= 4 is 41.9 Å². The van der Waals surface area contributed by atoms with E-state index in [9.17, 15) is 74.4 Å². The number of hydrogen-bond acceptors (Lipinski definition) is 9. The lowest BCUT2D eigenvalue weighted by atomic mass is 9.99. The normalized spacial score (nSPS) is 17.9. The largest absolute Gasteiger partial charge is 0.512 e. The van der Waals surface area contributed by atoms with Gasteiger partial charge in [-0.2, -0.15) is 47.9 Å². The average molecular weight is 624 g/mol. The van der Waals surface area contributed by atoms with E-state index in [4.69, 9.17) is 4.74 Å². The fourth-order valence-electron chi connectivity index (χ4n) is 2.96. The zero-order chi connectivity index (χ0) is 29.5. The zero-order valence-electron chi connectivity index (χ0n) is 18.0. The van der Waals surface area contributed by atoms with Crippen molar-refractivity contribution in [3.05, 3.63) is 0 Å². The zero-order valence-corrected chi connectivity index (χ0v) is 20.5. The molecule has 0 aromatic heterocycles. The Kier molecular flexibility index (Phi) is 8.98. The van der Waals surface area contributed by atoms with Crippen molar-refractivity contribution in [2.45, 2.75) is 73.0 Å². The highest BCUT2D eigenvalue weighted by atomic mass is 32.3. The first-order valence-electron chi connectivity index (χ1n) is 9.47. The van der Waals surface area contributed by atoms with Crippen LogP contribution in [0, 0.1) is 0 Å². The first-order chi connectivity index (χ1) is 16.2. The Balaban J connectivity index is 3.20. The molecule has 23 heteroatoms. The fourth-order valence-corrected chi connectivity index (χ4v) is 6.40. The number of nitrogens with one attached hydrogen (secondary N) is 2. The van der Waals surface area contributed by atoms with Gasteiger partial charge in [-0.3, -0.25) is 9.59 Å². The molecule has 0 atom stereocenters. The molecule has 1 saturated carbocycles. The van der Waals surface area contributed by atoms with Crippen molar-refractivity contribution in [3.63, 3.8) is 0 Å². The van der Waals surface area contributed by atoms with E-state index in [1.165, 1.54) is 0 Å². The van der Waals surface area contributed by atoms with Crippen molar-refractivity contribution in [1.82, 2.24) is 8.85 Å². The standard InChI is InChI=1S/C14H17F9N2O9S3/c1-2-10(5-3-4-6-10)34-9(27)7-8(26)24-35(28,29)12(17,18)11(15,16)13(19,20)36(30,31)25-37(32,33)14(21,22)23/h25H,2-7H2,1H3,(H,24,26). The number of halogens is 9. The smallest absolute Gasteiger partial charge is 0.459 e. The van der Waals surface area contributed by atoms with Gasteiger partial charge in [0.25, 0.3) is 10.0 Å². The summed E-state index contributed by atoms with van der Waals surface area (Å²) in [7, 11) is -22.7. The maximum absolute atomic E-state index is 14.0. The average Bonchev–Trinajstić information content (AvgIpc) is 3.13. The summed E-state index contributed by atoms with van der Waals surface area (Å²) in [6, 6.07) is 0. The second kappa shape index (κ2) is 10.0. The van der Waals surface area contributed by atoms with Crippen LogP contribution in [0.3, 0.4) is 0 Å². The van der Waals surface area contributed by atoms with E-state index >= 15 is 0 Å². The summed E-state index contributed by atoms with van der Waals surface area (Å²) in [5.41, 5.74) is -7.80. The highest BCUT2D eigenvalue weighted by molar-refractivity contribution is 8.05. The van der Waals surface area contributed by atoms with E-state index in [1.807, 2.05) is 0 Å². The maximum atomic E-state index is 14.0. The minimum atomic E-state index is -7.95. The lowest BCUT2D eigenvalue weighted by Gasteiger charge is -2.31. The van der Waals surface area contributed by atoms with Crippen LogP contribution in [0.5, 0.6) is 0 Å². The molecule has 0 spiro atoms. The maximum Gasteiger partial charge on any atom is 0.512 e. The van der Waals surface area contributed by atoms with Crippen molar-refractivity contribution in [1.29, 1.82) is 0 Å². The van der Waals surface area contributed by atoms with Crippen LogP contribution in [0.25, 0.3) is 0 Å². The van der Waals surface area contributed by atoms with Crippen LogP contribution in [0.15, 0.2) is 0 Å². The number of ether oxygens (including phenoxy) is 1. The van der Waals surface area contributed by atoms with E-state index in [-0.39, 0.29) is 11.1 Å². The molecule has 1 rings (SSSR count). The predicted molar refractivity (Wildman–Crippen MR) is 101 cm³/mol. The number of esters is 1. The summed E-state index contributed by atoms with van der Waals surface area (Å²) >= 11 is 0. The second-order valence-electron chi connectivity index (χ2n) is 7.57. The molecule has 0 bridgehead atoms. The summed E-state index contributed by atoms with van der Waals surface area (Å²) in [6.45, 7) is 1.56. The number of sulfonamides is 3. The molecule has 0 saturated heterocycles. The molecule has 1 aliphatic carbocycles. The molecule has 0 heterocycles. The summed E-state index contributed by atoms with van der Waals surface area (Å²) in [4.78, 5) is 23.5. The molecule has 0 aliphatic heterocycles. The van der Waals surface area contributed by atoms with Gasteiger partial charge in [0, 0.05) is 0 Å². The first-order valence-corrected chi connectivity index (χ1v) is 13.9.